The van der Waals surface area contributed by atoms with Crippen molar-refractivity contribution in [3.8, 4) is 0 Å². The van der Waals surface area contributed by atoms with Gasteiger partial charge in [0.25, 0.3) is 0 Å². The summed E-state index contributed by atoms with van der Waals surface area (Å²) in [4.78, 5) is 14.1. The highest BCUT2D eigenvalue weighted by Crippen LogP contribution is 2.19. The quantitative estimate of drug-likeness (QED) is 0.626. The van der Waals surface area contributed by atoms with Crippen molar-refractivity contribution in [2.24, 2.45) is 7.05 Å². The summed E-state index contributed by atoms with van der Waals surface area (Å²) in [5.74, 6) is 0.398. The van der Waals surface area contributed by atoms with Crippen molar-refractivity contribution < 1.29 is 9.90 Å². The number of aldehydes is 1. The Balaban J connectivity index is 2.96. The first-order valence-electron chi connectivity index (χ1n) is 3.58. The molecule has 0 spiro atoms. The lowest BCUT2D eigenvalue weighted by atomic mass is 10.0. The molecule has 0 aliphatic carbocycles. The predicted octanol–water partition coefficient (Wildman–Crippen LogP) is -0.388. The molecule has 1 rings (SSSR count). The molecule has 1 unspecified atom stereocenters. The highest BCUT2D eigenvalue weighted by Gasteiger charge is 2.27. The van der Waals surface area contributed by atoms with E-state index in [0.717, 1.165) is 0 Å². The lowest BCUT2D eigenvalue weighted by molar-refractivity contribution is -0.112. The second-order valence-corrected chi connectivity index (χ2v) is 2.85. The van der Waals surface area contributed by atoms with Crippen molar-refractivity contribution in [3.63, 3.8) is 0 Å². The van der Waals surface area contributed by atoms with Crippen LogP contribution in [0.25, 0.3) is 0 Å². The molecule has 5 nitrogen and oxygen atoms in total. The Hall–Kier alpha value is -1.23. The Bertz CT molecular complexity index is 280. The number of carbonyl (C=O) groups excluding carboxylic acids is 1. The lowest BCUT2D eigenvalue weighted by Crippen LogP contribution is -2.26. The Kier molecular flexibility index (Phi) is 2.23. The molecule has 66 valence electrons. The van der Waals surface area contributed by atoms with Crippen LogP contribution in [0.1, 0.15) is 19.2 Å². The normalized spacial score (nSPS) is 15.6. The van der Waals surface area contributed by atoms with E-state index in [-0.39, 0.29) is 6.42 Å². The van der Waals surface area contributed by atoms with Crippen molar-refractivity contribution in [2.45, 2.75) is 18.9 Å². The van der Waals surface area contributed by atoms with Gasteiger partial charge in [-0.25, -0.2) is 4.98 Å². The first-order valence-corrected chi connectivity index (χ1v) is 3.58. The number of rotatable bonds is 3. The molecule has 0 amide bonds. The first kappa shape index (κ1) is 8.86. The van der Waals surface area contributed by atoms with Crippen molar-refractivity contribution in [3.05, 3.63) is 12.2 Å². The van der Waals surface area contributed by atoms with Gasteiger partial charge >= 0.3 is 0 Å². The number of carbonyl (C=O) groups is 1. The third kappa shape index (κ3) is 1.50. The van der Waals surface area contributed by atoms with Gasteiger partial charge in [-0.05, 0) is 6.92 Å². The molecular weight excluding hydrogens is 158 g/mol. The minimum atomic E-state index is -1.22. The van der Waals surface area contributed by atoms with Gasteiger partial charge in [0, 0.05) is 13.5 Å². The van der Waals surface area contributed by atoms with Gasteiger partial charge < -0.3 is 9.90 Å². The molecule has 5 heteroatoms. The Morgan fingerprint density at radius 2 is 2.50 bits per heavy atom. The lowest BCUT2D eigenvalue weighted by Gasteiger charge is -2.18. The van der Waals surface area contributed by atoms with Gasteiger partial charge in [0.15, 0.2) is 5.82 Å². The average molecular weight is 169 g/mol. The monoisotopic (exact) mass is 169 g/mol. The number of aliphatic hydroxyl groups is 1. The van der Waals surface area contributed by atoms with E-state index in [4.69, 9.17) is 0 Å². The number of hydrogen-bond donors (Lipinski definition) is 1. The van der Waals surface area contributed by atoms with Gasteiger partial charge in [0.1, 0.15) is 18.2 Å². The van der Waals surface area contributed by atoms with Crippen LogP contribution in [0.5, 0.6) is 0 Å². The van der Waals surface area contributed by atoms with Crippen LogP contribution in [0, 0.1) is 0 Å². The molecule has 0 bridgehead atoms. The fourth-order valence-electron chi connectivity index (χ4n) is 1.04. The van der Waals surface area contributed by atoms with E-state index in [1.807, 2.05) is 0 Å². The van der Waals surface area contributed by atoms with Gasteiger partial charge in [0.2, 0.25) is 0 Å². The van der Waals surface area contributed by atoms with Crippen LogP contribution in [0.3, 0.4) is 0 Å². The molecule has 1 aromatic heterocycles. The third-order valence-electron chi connectivity index (χ3n) is 1.67. The topological polar surface area (TPSA) is 68.0 Å². The fourth-order valence-corrected chi connectivity index (χ4v) is 1.04. The molecule has 1 heterocycles. The minimum Gasteiger partial charge on any atom is -0.382 e. The van der Waals surface area contributed by atoms with Crippen molar-refractivity contribution in [1.82, 2.24) is 14.8 Å². The summed E-state index contributed by atoms with van der Waals surface area (Å²) in [7, 11) is 1.67. The first-order chi connectivity index (χ1) is 5.58. The molecular formula is C7H11N3O2. The van der Waals surface area contributed by atoms with Gasteiger partial charge in [-0.15, -0.1) is 0 Å². The molecule has 1 N–H and O–H groups in total. The maximum Gasteiger partial charge on any atom is 0.158 e. The molecule has 0 saturated carbocycles. The Labute approximate surface area is 70.0 Å². The van der Waals surface area contributed by atoms with Crippen molar-refractivity contribution in [2.75, 3.05) is 0 Å². The summed E-state index contributed by atoms with van der Waals surface area (Å²) in [5, 5.41) is 13.5. The molecule has 0 aliphatic rings. The molecule has 0 fully saturated rings. The van der Waals surface area contributed by atoms with Gasteiger partial charge in [-0.2, -0.15) is 5.10 Å². The van der Waals surface area contributed by atoms with E-state index >= 15 is 0 Å². The summed E-state index contributed by atoms with van der Waals surface area (Å²) in [5.41, 5.74) is -1.22. The molecule has 0 aliphatic heterocycles. The van der Waals surface area contributed by atoms with E-state index in [1.165, 1.54) is 17.9 Å². The van der Waals surface area contributed by atoms with E-state index < -0.39 is 5.60 Å². The summed E-state index contributed by atoms with van der Waals surface area (Å²) >= 11 is 0. The maximum atomic E-state index is 10.2. The van der Waals surface area contributed by atoms with Gasteiger partial charge in [-0.3, -0.25) is 4.68 Å². The Morgan fingerprint density at radius 3 is 2.92 bits per heavy atom. The smallest absolute Gasteiger partial charge is 0.158 e. The molecule has 0 aromatic carbocycles. The molecule has 1 atom stereocenters. The summed E-state index contributed by atoms with van der Waals surface area (Å²) in [6.07, 6.45) is 2.03. The van der Waals surface area contributed by atoms with Crippen LogP contribution in [-0.2, 0) is 17.4 Å². The second kappa shape index (κ2) is 3.02. The van der Waals surface area contributed by atoms with E-state index in [0.29, 0.717) is 12.1 Å². The van der Waals surface area contributed by atoms with Crippen LogP contribution in [-0.4, -0.2) is 26.2 Å². The van der Waals surface area contributed by atoms with Crippen LogP contribution in [0.15, 0.2) is 6.33 Å². The fraction of sp³-hybridized carbons (Fsp3) is 0.571. The van der Waals surface area contributed by atoms with Crippen LogP contribution in [0.4, 0.5) is 0 Å². The zero-order valence-electron chi connectivity index (χ0n) is 7.06. The number of aryl methyl sites for hydroxylation is 1. The predicted molar refractivity (Wildman–Crippen MR) is 41.3 cm³/mol. The number of hydrogen-bond acceptors (Lipinski definition) is 4. The highest BCUT2D eigenvalue weighted by atomic mass is 16.3. The number of aromatic nitrogens is 3. The van der Waals surface area contributed by atoms with Gasteiger partial charge in [0.05, 0.1) is 0 Å². The maximum absolute atomic E-state index is 10.2. The van der Waals surface area contributed by atoms with E-state index in [1.54, 1.807) is 7.05 Å². The summed E-state index contributed by atoms with van der Waals surface area (Å²) < 4.78 is 1.45. The molecule has 1 aromatic rings. The van der Waals surface area contributed by atoms with Crippen LogP contribution < -0.4 is 0 Å². The van der Waals surface area contributed by atoms with E-state index in [9.17, 15) is 9.90 Å². The Morgan fingerprint density at radius 1 is 1.83 bits per heavy atom. The second-order valence-electron chi connectivity index (χ2n) is 2.85. The zero-order chi connectivity index (χ0) is 9.19. The molecule has 0 saturated heterocycles. The van der Waals surface area contributed by atoms with Crippen LogP contribution >= 0.6 is 0 Å². The molecule has 0 radical (unpaired) electrons. The van der Waals surface area contributed by atoms with Crippen LogP contribution in [0.2, 0.25) is 0 Å². The summed E-state index contributed by atoms with van der Waals surface area (Å²) in [6, 6.07) is 0. The average Bonchev–Trinajstić information content (AvgIpc) is 2.35. The van der Waals surface area contributed by atoms with Gasteiger partial charge in [-0.1, -0.05) is 0 Å². The third-order valence-corrected chi connectivity index (χ3v) is 1.67. The standard InChI is InChI=1S/C7H11N3O2/c1-7(12,3-4-11)6-8-5-9-10(6)2/h4-5,12H,3H2,1-2H3. The zero-order valence-corrected chi connectivity index (χ0v) is 7.06. The highest BCUT2D eigenvalue weighted by molar-refractivity contribution is 5.51. The largest absolute Gasteiger partial charge is 0.382 e. The van der Waals surface area contributed by atoms with E-state index in [2.05, 4.69) is 10.1 Å². The molecule has 12 heavy (non-hydrogen) atoms. The SMILES string of the molecule is Cn1ncnc1C(C)(O)CC=O. The minimum absolute atomic E-state index is 0.0273. The van der Waals surface area contributed by atoms with Crippen molar-refractivity contribution >= 4 is 6.29 Å². The summed E-state index contributed by atoms with van der Waals surface area (Å²) in [6.45, 7) is 1.53. The van der Waals surface area contributed by atoms with Crippen molar-refractivity contribution in [1.29, 1.82) is 0 Å². The number of nitrogens with zero attached hydrogens (tertiary/aromatic N) is 3.